The monoisotopic (exact) mass is 546 g/mol. The Morgan fingerprint density at radius 2 is 1.86 bits per heavy atom. The second kappa shape index (κ2) is 10.8. The van der Waals surface area contributed by atoms with Crippen molar-refractivity contribution >= 4 is 17.7 Å². The number of carbonyl (C=O) groups excluding carboxylic acids is 2. The van der Waals surface area contributed by atoms with Crippen LogP contribution >= 0.6 is 0 Å². The third kappa shape index (κ3) is 5.32. The van der Waals surface area contributed by atoms with Crippen molar-refractivity contribution < 1.29 is 40.3 Å². The van der Waals surface area contributed by atoms with Crippen LogP contribution in [-0.4, -0.2) is 71.8 Å². The van der Waals surface area contributed by atoms with Gasteiger partial charge in [-0.25, -0.2) is 4.79 Å². The first-order valence-corrected chi connectivity index (χ1v) is 12.6. The summed E-state index contributed by atoms with van der Waals surface area (Å²) in [5, 5.41) is 6.59. The van der Waals surface area contributed by atoms with E-state index >= 15 is 0 Å². The van der Waals surface area contributed by atoms with E-state index < -0.39 is 5.54 Å². The minimum Gasteiger partial charge on any atom is -1.00 e. The van der Waals surface area contributed by atoms with Gasteiger partial charge in [0.05, 0.1) is 13.1 Å². The maximum atomic E-state index is 13.9. The van der Waals surface area contributed by atoms with Gasteiger partial charge in [-0.2, -0.15) is 0 Å². The number of halogens is 1. The molecule has 0 radical (unpaired) electrons. The summed E-state index contributed by atoms with van der Waals surface area (Å²) in [5.41, 5.74) is 0.183. The number of hydrogen-bond acceptors (Lipinski definition) is 6. The lowest BCUT2D eigenvalue weighted by molar-refractivity contribution is -0.939. The van der Waals surface area contributed by atoms with Crippen molar-refractivity contribution in [3.8, 4) is 0 Å². The molecule has 190 valence electrons. The molecule has 4 saturated heterocycles. The molecule has 0 aliphatic carbocycles. The summed E-state index contributed by atoms with van der Waals surface area (Å²) in [5.74, 6) is 0.550. The first-order chi connectivity index (χ1) is 16.5. The Morgan fingerprint density at radius 3 is 2.51 bits per heavy atom. The Labute approximate surface area is 217 Å². The fourth-order valence-corrected chi connectivity index (χ4v) is 6.13. The number of amides is 1. The summed E-state index contributed by atoms with van der Waals surface area (Å²) in [7, 11) is 0. The number of carbonyl (C=O) groups is 2. The third-order valence-electron chi connectivity index (χ3n) is 8.21. The van der Waals surface area contributed by atoms with Crippen LogP contribution in [0, 0.1) is 5.92 Å². The summed E-state index contributed by atoms with van der Waals surface area (Å²) in [6, 6.07) is 11.7. The van der Waals surface area contributed by atoms with E-state index in [2.05, 4.69) is 15.4 Å². The fourth-order valence-electron chi connectivity index (χ4n) is 6.13. The number of anilines is 1. The Morgan fingerprint density at radius 1 is 1.14 bits per heavy atom. The molecular formula is C26H35BrN4O4. The van der Waals surface area contributed by atoms with Crippen molar-refractivity contribution in [1.82, 2.24) is 10.1 Å². The van der Waals surface area contributed by atoms with Crippen molar-refractivity contribution in [2.24, 2.45) is 5.92 Å². The van der Waals surface area contributed by atoms with Gasteiger partial charge in [0.1, 0.15) is 18.3 Å². The van der Waals surface area contributed by atoms with Gasteiger partial charge in [-0.05, 0) is 38.4 Å². The number of fused-ring (bicyclic) bond motifs is 3. The van der Waals surface area contributed by atoms with Crippen LogP contribution in [0.25, 0.3) is 0 Å². The number of esters is 1. The molecule has 1 amide bonds. The first kappa shape index (κ1) is 25.9. The second-order valence-electron chi connectivity index (χ2n) is 10.3. The maximum absolute atomic E-state index is 13.9. The number of hydrogen-bond donors (Lipinski definition) is 1. The van der Waals surface area contributed by atoms with E-state index in [9.17, 15) is 9.59 Å². The van der Waals surface area contributed by atoms with E-state index in [1.54, 1.807) is 6.07 Å². The van der Waals surface area contributed by atoms with Gasteiger partial charge in [0.2, 0.25) is 0 Å². The molecule has 5 heterocycles. The number of rotatable bonds is 7. The van der Waals surface area contributed by atoms with Crippen molar-refractivity contribution in [3.63, 3.8) is 0 Å². The van der Waals surface area contributed by atoms with Gasteiger partial charge >= 0.3 is 5.97 Å². The molecule has 35 heavy (non-hydrogen) atoms. The summed E-state index contributed by atoms with van der Waals surface area (Å²) in [6.07, 6.45) is 6.63. The summed E-state index contributed by atoms with van der Waals surface area (Å²) in [4.78, 5) is 28.9. The molecule has 4 aliphatic heterocycles. The standard InChI is InChI=1S/C26H34N4O4.BrH/c1-26(21-8-4-2-5-9-21,29-13-6-3-7-14-29)25(32)34-22-18-30(15-10-20(22)11-16-30)19-24(31)27-23-12-17-33-28-23;/h2,4-5,8-9,12,17,20,22H,3,6-7,10-11,13-16,18-19H2,1H3;1H/t20?,22-,26+,30?;/m0./s1. The highest BCUT2D eigenvalue weighted by Gasteiger charge is 2.51. The Balaban J connectivity index is 0.00000289. The highest BCUT2D eigenvalue weighted by atomic mass is 79.9. The average molecular weight is 547 g/mol. The van der Waals surface area contributed by atoms with Crippen LogP contribution < -0.4 is 22.3 Å². The highest BCUT2D eigenvalue weighted by molar-refractivity contribution is 5.90. The van der Waals surface area contributed by atoms with Crippen LogP contribution in [0.3, 0.4) is 0 Å². The number of likely N-dealkylation sites (tertiary alicyclic amines) is 1. The third-order valence-corrected chi connectivity index (χ3v) is 8.21. The maximum Gasteiger partial charge on any atom is 0.331 e. The molecule has 2 atom stereocenters. The van der Waals surface area contributed by atoms with Gasteiger partial charge in [-0.1, -0.05) is 41.9 Å². The number of piperidine rings is 4. The van der Waals surface area contributed by atoms with Crippen molar-refractivity contribution in [2.75, 3.05) is 44.6 Å². The smallest absolute Gasteiger partial charge is 0.331 e. The van der Waals surface area contributed by atoms with Gasteiger partial charge in [0.15, 0.2) is 18.5 Å². The van der Waals surface area contributed by atoms with E-state index in [-0.39, 0.29) is 35.0 Å². The number of aromatic nitrogens is 1. The SMILES string of the molecule is C[C@](C(=O)O[C@H]1C[N+]2(CC(=O)Nc3ccon3)CCC1CC2)(c1ccccc1)N1CCCCC1.[Br-]. The minimum atomic E-state index is -0.803. The molecule has 0 saturated carbocycles. The normalized spacial score (nSPS) is 27.9. The topological polar surface area (TPSA) is 84.7 Å². The van der Waals surface area contributed by atoms with Gasteiger partial charge in [-0.15, -0.1) is 0 Å². The Kier molecular flexibility index (Phi) is 7.98. The number of quaternary nitrogens is 1. The van der Waals surface area contributed by atoms with Crippen LogP contribution in [0.4, 0.5) is 5.82 Å². The second-order valence-corrected chi connectivity index (χ2v) is 10.3. The minimum absolute atomic E-state index is 0. The van der Waals surface area contributed by atoms with Gasteiger partial charge in [0, 0.05) is 24.8 Å². The molecule has 0 spiro atoms. The molecule has 1 aromatic heterocycles. The summed E-state index contributed by atoms with van der Waals surface area (Å²) < 4.78 is 11.8. The van der Waals surface area contributed by atoms with E-state index in [0.717, 1.165) is 57.4 Å². The van der Waals surface area contributed by atoms with Gasteiger partial charge < -0.3 is 36.0 Å². The Bertz CT molecular complexity index is 988. The molecule has 6 rings (SSSR count). The number of nitrogens with one attached hydrogen (secondary N) is 1. The zero-order chi connectivity index (χ0) is 23.6. The van der Waals surface area contributed by atoms with Crippen molar-refractivity contribution in [1.29, 1.82) is 0 Å². The lowest BCUT2D eigenvalue weighted by Gasteiger charge is -2.52. The quantitative estimate of drug-likeness (QED) is 0.393. The zero-order valence-electron chi connectivity index (χ0n) is 20.3. The highest BCUT2D eigenvalue weighted by Crippen LogP contribution is 2.38. The molecule has 8 nitrogen and oxygen atoms in total. The van der Waals surface area contributed by atoms with Crippen LogP contribution in [0.15, 0.2) is 47.2 Å². The van der Waals surface area contributed by atoms with Crippen LogP contribution in [-0.2, 0) is 19.9 Å². The number of ether oxygens (including phenoxy) is 1. The predicted octanol–water partition coefficient (Wildman–Crippen LogP) is 0.171. The largest absolute Gasteiger partial charge is 1.00 e. The van der Waals surface area contributed by atoms with E-state index in [4.69, 9.17) is 9.26 Å². The Hall–Kier alpha value is -2.23. The lowest BCUT2D eigenvalue weighted by Crippen LogP contribution is -3.00. The molecule has 4 fully saturated rings. The van der Waals surface area contributed by atoms with Crippen LogP contribution in [0.2, 0.25) is 0 Å². The van der Waals surface area contributed by atoms with E-state index in [1.807, 2.05) is 37.3 Å². The van der Waals surface area contributed by atoms with Crippen molar-refractivity contribution in [3.05, 3.63) is 48.2 Å². The average Bonchev–Trinajstić information content (AvgIpc) is 3.37. The van der Waals surface area contributed by atoms with Crippen LogP contribution in [0.1, 0.15) is 44.6 Å². The number of nitrogens with zero attached hydrogens (tertiary/aromatic N) is 3. The predicted molar refractivity (Wildman–Crippen MR) is 127 cm³/mol. The zero-order valence-corrected chi connectivity index (χ0v) is 21.9. The first-order valence-electron chi connectivity index (χ1n) is 12.6. The molecule has 9 heteroatoms. The summed E-state index contributed by atoms with van der Waals surface area (Å²) in [6.45, 7) is 6.74. The summed E-state index contributed by atoms with van der Waals surface area (Å²) >= 11 is 0. The molecule has 1 aromatic carbocycles. The number of benzene rings is 1. The van der Waals surface area contributed by atoms with Gasteiger partial charge in [-0.3, -0.25) is 9.69 Å². The molecule has 4 aliphatic rings. The van der Waals surface area contributed by atoms with E-state index in [1.165, 1.54) is 12.7 Å². The molecule has 2 aromatic rings. The molecule has 0 unspecified atom stereocenters. The van der Waals surface area contributed by atoms with E-state index in [0.29, 0.717) is 29.3 Å². The molecule has 2 bridgehead atoms. The van der Waals surface area contributed by atoms with Crippen LogP contribution in [0.5, 0.6) is 0 Å². The van der Waals surface area contributed by atoms with Gasteiger partial charge in [0.25, 0.3) is 5.91 Å². The lowest BCUT2D eigenvalue weighted by atomic mass is 9.82. The molecular weight excluding hydrogens is 512 g/mol. The molecule has 1 N–H and O–H groups in total. The fraction of sp³-hybridized carbons (Fsp3) is 0.577. The van der Waals surface area contributed by atoms with Crippen molar-refractivity contribution in [2.45, 2.75) is 50.7 Å².